The van der Waals surface area contributed by atoms with Crippen LogP contribution < -0.4 is 14.3 Å². The summed E-state index contributed by atoms with van der Waals surface area (Å²) in [6.07, 6.45) is 5.58. The van der Waals surface area contributed by atoms with Gasteiger partial charge in [0.15, 0.2) is 4.80 Å². The minimum atomic E-state index is -0.350. The fourth-order valence-electron chi connectivity index (χ4n) is 2.70. The summed E-state index contributed by atoms with van der Waals surface area (Å²) in [4.78, 5) is 17.1. The van der Waals surface area contributed by atoms with E-state index in [-0.39, 0.29) is 24.7 Å². The molecule has 2 aromatic carbocycles. The van der Waals surface area contributed by atoms with Crippen LogP contribution in [-0.4, -0.2) is 24.7 Å². The van der Waals surface area contributed by atoms with E-state index < -0.39 is 0 Å². The van der Waals surface area contributed by atoms with Gasteiger partial charge in [-0.05, 0) is 29.8 Å². The topological polar surface area (TPSA) is 52.8 Å². The SMILES string of the molecule is C#CCn1c(=NC(=O)Cc2ccc(F)cc2)sc2c(OC)ccc(OC)c21. The molecule has 1 heterocycles. The molecule has 0 saturated heterocycles. The summed E-state index contributed by atoms with van der Waals surface area (Å²) in [6.45, 7) is 0.228. The maximum absolute atomic E-state index is 13.0. The Kier molecular flexibility index (Phi) is 5.57. The highest BCUT2D eigenvalue weighted by Gasteiger charge is 2.16. The number of thiazole rings is 1. The fraction of sp³-hybridized carbons (Fsp3) is 0.200. The molecule has 138 valence electrons. The lowest BCUT2D eigenvalue weighted by atomic mass is 10.1. The molecule has 0 atom stereocenters. The van der Waals surface area contributed by atoms with Crippen LogP contribution in [0.5, 0.6) is 11.5 Å². The minimum Gasteiger partial charge on any atom is -0.495 e. The first-order chi connectivity index (χ1) is 13.1. The second kappa shape index (κ2) is 8.06. The van der Waals surface area contributed by atoms with Crippen LogP contribution in [0.3, 0.4) is 0 Å². The molecule has 0 aliphatic rings. The number of hydrogen-bond donors (Lipinski definition) is 0. The van der Waals surface area contributed by atoms with E-state index in [9.17, 15) is 9.18 Å². The van der Waals surface area contributed by atoms with Crippen LogP contribution in [0.4, 0.5) is 4.39 Å². The van der Waals surface area contributed by atoms with Gasteiger partial charge in [-0.15, -0.1) is 6.42 Å². The molecule has 0 aliphatic carbocycles. The van der Waals surface area contributed by atoms with Gasteiger partial charge < -0.3 is 14.0 Å². The molecule has 1 aromatic heterocycles. The molecule has 0 aliphatic heterocycles. The first-order valence-electron chi connectivity index (χ1n) is 8.07. The van der Waals surface area contributed by atoms with Crippen molar-refractivity contribution in [3.05, 3.63) is 52.6 Å². The van der Waals surface area contributed by atoms with E-state index >= 15 is 0 Å². The van der Waals surface area contributed by atoms with Crippen LogP contribution in [0.15, 0.2) is 41.4 Å². The van der Waals surface area contributed by atoms with Crippen molar-refractivity contribution in [3.8, 4) is 23.8 Å². The molecule has 0 N–H and O–H groups in total. The van der Waals surface area contributed by atoms with Crippen molar-refractivity contribution < 1.29 is 18.7 Å². The van der Waals surface area contributed by atoms with Gasteiger partial charge >= 0.3 is 0 Å². The van der Waals surface area contributed by atoms with Gasteiger partial charge in [-0.25, -0.2) is 4.39 Å². The molecule has 27 heavy (non-hydrogen) atoms. The Morgan fingerprint density at radius 3 is 2.48 bits per heavy atom. The van der Waals surface area contributed by atoms with Gasteiger partial charge in [-0.2, -0.15) is 4.99 Å². The molecule has 0 radical (unpaired) electrons. The van der Waals surface area contributed by atoms with Gasteiger partial charge in [0.05, 0.1) is 27.2 Å². The van der Waals surface area contributed by atoms with E-state index in [0.717, 1.165) is 10.2 Å². The quantitative estimate of drug-likeness (QED) is 0.635. The number of halogens is 1. The van der Waals surface area contributed by atoms with E-state index in [0.29, 0.717) is 21.9 Å². The van der Waals surface area contributed by atoms with Crippen molar-refractivity contribution in [2.45, 2.75) is 13.0 Å². The highest BCUT2D eigenvalue weighted by molar-refractivity contribution is 7.16. The van der Waals surface area contributed by atoms with Gasteiger partial charge in [0.2, 0.25) is 0 Å². The monoisotopic (exact) mass is 384 g/mol. The Hall–Kier alpha value is -3.11. The van der Waals surface area contributed by atoms with Crippen molar-refractivity contribution in [1.29, 1.82) is 0 Å². The molecule has 0 fully saturated rings. The predicted molar refractivity (Wildman–Crippen MR) is 102 cm³/mol. The third-order valence-corrected chi connectivity index (χ3v) is 5.02. The van der Waals surface area contributed by atoms with E-state index in [4.69, 9.17) is 15.9 Å². The number of carbonyl (C=O) groups excluding carboxylic acids is 1. The van der Waals surface area contributed by atoms with Gasteiger partial charge in [-0.3, -0.25) is 4.79 Å². The molecule has 5 nitrogen and oxygen atoms in total. The van der Waals surface area contributed by atoms with E-state index in [1.807, 2.05) is 0 Å². The third kappa shape index (κ3) is 3.86. The molecular formula is C20H17FN2O3S. The predicted octanol–water partition coefficient (Wildman–Crippen LogP) is 3.16. The summed E-state index contributed by atoms with van der Waals surface area (Å²) in [5, 5.41) is 0. The highest BCUT2D eigenvalue weighted by atomic mass is 32.1. The zero-order valence-corrected chi connectivity index (χ0v) is 15.7. The number of ether oxygens (including phenoxy) is 2. The molecule has 0 spiro atoms. The van der Waals surface area contributed by atoms with E-state index in [1.54, 1.807) is 43.1 Å². The maximum Gasteiger partial charge on any atom is 0.252 e. The first kappa shape index (κ1) is 18.7. The largest absolute Gasteiger partial charge is 0.495 e. The van der Waals surface area contributed by atoms with Crippen LogP contribution in [0.1, 0.15) is 5.56 Å². The average Bonchev–Trinajstić information content (AvgIpc) is 3.01. The lowest BCUT2D eigenvalue weighted by molar-refractivity contribution is -0.117. The molecule has 0 bridgehead atoms. The smallest absolute Gasteiger partial charge is 0.252 e. The Balaban J connectivity index is 2.10. The Labute approximate surface area is 159 Å². The number of rotatable bonds is 5. The fourth-order valence-corrected chi connectivity index (χ4v) is 3.86. The first-order valence-corrected chi connectivity index (χ1v) is 8.88. The van der Waals surface area contributed by atoms with Crippen molar-refractivity contribution >= 4 is 27.5 Å². The second-order valence-corrected chi connectivity index (χ2v) is 6.61. The summed E-state index contributed by atoms with van der Waals surface area (Å²) in [6, 6.07) is 9.34. The molecule has 3 rings (SSSR count). The highest BCUT2D eigenvalue weighted by Crippen LogP contribution is 2.35. The van der Waals surface area contributed by atoms with Crippen LogP contribution in [-0.2, 0) is 17.8 Å². The molecule has 0 saturated carbocycles. The van der Waals surface area contributed by atoms with Gasteiger partial charge in [0.25, 0.3) is 5.91 Å². The number of aromatic nitrogens is 1. The zero-order chi connectivity index (χ0) is 19.4. The van der Waals surface area contributed by atoms with Crippen molar-refractivity contribution in [2.75, 3.05) is 14.2 Å². The van der Waals surface area contributed by atoms with E-state index in [2.05, 4.69) is 10.9 Å². The minimum absolute atomic E-state index is 0.0683. The lowest BCUT2D eigenvalue weighted by Gasteiger charge is -2.08. The molecule has 1 amide bonds. The summed E-state index contributed by atoms with van der Waals surface area (Å²) in [5.74, 6) is 3.15. The normalized spacial score (nSPS) is 11.4. The standard InChI is InChI=1S/C20H17FN2O3S/c1-4-11-23-18-15(25-2)9-10-16(26-3)19(18)27-20(23)22-17(24)12-13-5-7-14(21)8-6-13/h1,5-10H,11-12H2,2-3H3. The number of carbonyl (C=O) groups is 1. The summed E-state index contributed by atoms with van der Waals surface area (Å²) >= 11 is 1.30. The maximum atomic E-state index is 13.0. The zero-order valence-electron chi connectivity index (χ0n) is 14.9. The van der Waals surface area contributed by atoms with E-state index in [1.165, 1.54) is 23.5 Å². The molecule has 0 unspecified atom stereocenters. The van der Waals surface area contributed by atoms with Crippen LogP contribution >= 0.6 is 11.3 Å². The number of nitrogens with zero attached hydrogens (tertiary/aromatic N) is 2. The van der Waals surface area contributed by atoms with Gasteiger partial charge in [-0.1, -0.05) is 29.4 Å². The number of terminal acetylenes is 1. The average molecular weight is 384 g/mol. The van der Waals surface area contributed by atoms with Crippen LogP contribution in [0.25, 0.3) is 10.2 Å². The third-order valence-electron chi connectivity index (χ3n) is 3.93. The molecule has 7 heteroatoms. The summed E-state index contributed by atoms with van der Waals surface area (Å²) in [7, 11) is 3.14. The number of hydrogen-bond acceptors (Lipinski definition) is 4. The van der Waals surface area contributed by atoms with Gasteiger partial charge in [0.1, 0.15) is 27.5 Å². The second-order valence-electron chi connectivity index (χ2n) is 5.63. The number of methoxy groups -OCH3 is 2. The Morgan fingerprint density at radius 1 is 1.19 bits per heavy atom. The Morgan fingerprint density at radius 2 is 1.85 bits per heavy atom. The van der Waals surface area contributed by atoms with Crippen LogP contribution in [0, 0.1) is 18.2 Å². The van der Waals surface area contributed by atoms with Gasteiger partial charge in [0, 0.05) is 0 Å². The molecule has 3 aromatic rings. The van der Waals surface area contributed by atoms with Crippen molar-refractivity contribution in [1.82, 2.24) is 4.57 Å². The molecular weight excluding hydrogens is 367 g/mol. The van der Waals surface area contributed by atoms with Crippen LogP contribution in [0.2, 0.25) is 0 Å². The van der Waals surface area contributed by atoms with Crippen molar-refractivity contribution in [2.24, 2.45) is 4.99 Å². The lowest BCUT2D eigenvalue weighted by Crippen LogP contribution is -2.17. The van der Waals surface area contributed by atoms with Crippen molar-refractivity contribution in [3.63, 3.8) is 0 Å². The number of amides is 1. The summed E-state index contributed by atoms with van der Waals surface area (Å²) in [5.41, 5.74) is 1.41. The number of fused-ring (bicyclic) bond motifs is 1. The number of benzene rings is 2. The Bertz CT molecular complexity index is 1090. The summed E-state index contributed by atoms with van der Waals surface area (Å²) < 4.78 is 26.4.